The van der Waals surface area contributed by atoms with Crippen molar-refractivity contribution in [3.63, 3.8) is 0 Å². The van der Waals surface area contributed by atoms with Crippen molar-refractivity contribution in [2.75, 3.05) is 0 Å². The van der Waals surface area contributed by atoms with Crippen LogP contribution in [-0.2, 0) is 19.1 Å². The average molecular weight is 215 g/mol. The van der Waals surface area contributed by atoms with E-state index in [-0.39, 0.29) is 18.2 Å². The molecule has 0 rings (SSSR count). The molecular formula is C11H19O4. The fraction of sp³-hybridized carbons (Fsp3) is 0.727. The fourth-order valence-electron chi connectivity index (χ4n) is 0.813. The summed E-state index contributed by atoms with van der Waals surface area (Å²) in [4.78, 5) is 22.2. The number of esters is 2. The second-order valence-corrected chi connectivity index (χ2v) is 3.65. The third-order valence-electron chi connectivity index (χ3n) is 1.71. The molecule has 4 heteroatoms. The van der Waals surface area contributed by atoms with Crippen molar-refractivity contribution in [3.05, 3.63) is 6.29 Å². The van der Waals surface area contributed by atoms with Crippen molar-refractivity contribution in [1.29, 1.82) is 0 Å². The number of carbonyl (C=O) groups excluding carboxylic acids is 2. The van der Waals surface area contributed by atoms with Gasteiger partial charge in [-0.2, -0.15) is 0 Å². The molecule has 0 aliphatic rings. The molecule has 0 heterocycles. The molecule has 0 N–H and O–H groups in total. The molecule has 4 nitrogen and oxygen atoms in total. The van der Waals surface area contributed by atoms with Gasteiger partial charge >= 0.3 is 18.2 Å². The predicted molar refractivity (Wildman–Crippen MR) is 55.5 cm³/mol. The fourth-order valence-corrected chi connectivity index (χ4v) is 0.813. The van der Waals surface area contributed by atoms with E-state index in [0.717, 1.165) is 12.8 Å². The van der Waals surface area contributed by atoms with Crippen molar-refractivity contribution in [1.82, 2.24) is 0 Å². The Morgan fingerprint density at radius 1 is 1.20 bits per heavy atom. The molecule has 0 unspecified atom stereocenters. The quantitative estimate of drug-likeness (QED) is 0.638. The highest BCUT2D eigenvalue weighted by atomic mass is 16.7. The monoisotopic (exact) mass is 215 g/mol. The van der Waals surface area contributed by atoms with Crippen LogP contribution in [-0.4, -0.2) is 11.9 Å². The Balaban J connectivity index is 3.77. The van der Waals surface area contributed by atoms with E-state index < -0.39 is 5.97 Å². The topological polar surface area (TPSA) is 52.6 Å². The maximum Gasteiger partial charge on any atom is 0.331 e. The van der Waals surface area contributed by atoms with Gasteiger partial charge in [0.15, 0.2) is 0 Å². The number of rotatable bonds is 6. The number of hydrogen-bond acceptors (Lipinski definition) is 4. The lowest BCUT2D eigenvalue weighted by atomic mass is 10.2. The molecule has 0 saturated heterocycles. The predicted octanol–water partition coefficient (Wildman–Crippen LogP) is 2.43. The number of carbonyl (C=O) groups is 2. The van der Waals surface area contributed by atoms with Gasteiger partial charge in [0, 0.05) is 13.3 Å². The van der Waals surface area contributed by atoms with Crippen LogP contribution in [0.25, 0.3) is 0 Å². The van der Waals surface area contributed by atoms with Crippen molar-refractivity contribution < 1.29 is 19.1 Å². The van der Waals surface area contributed by atoms with Crippen molar-refractivity contribution >= 4 is 11.9 Å². The van der Waals surface area contributed by atoms with Gasteiger partial charge in [0.05, 0.1) is 5.92 Å². The van der Waals surface area contributed by atoms with Gasteiger partial charge in [0.1, 0.15) is 0 Å². The summed E-state index contributed by atoms with van der Waals surface area (Å²) in [5.41, 5.74) is 0. The molecule has 0 atom stereocenters. The Labute approximate surface area is 90.9 Å². The summed E-state index contributed by atoms with van der Waals surface area (Å²) in [5, 5.41) is 0. The van der Waals surface area contributed by atoms with Crippen molar-refractivity contribution in [3.8, 4) is 0 Å². The minimum absolute atomic E-state index is 0.00908. The van der Waals surface area contributed by atoms with Crippen LogP contribution in [0.15, 0.2) is 0 Å². The molecule has 0 aliphatic carbocycles. The lowest BCUT2D eigenvalue weighted by Crippen LogP contribution is -2.18. The molecule has 0 fully saturated rings. The van der Waals surface area contributed by atoms with E-state index in [1.165, 1.54) is 6.92 Å². The third kappa shape index (κ3) is 6.94. The highest BCUT2D eigenvalue weighted by Gasteiger charge is 2.17. The normalized spacial score (nSPS) is 10.5. The van der Waals surface area contributed by atoms with Crippen LogP contribution in [0.4, 0.5) is 0 Å². The molecule has 15 heavy (non-hydrogen) atoms. The number of unbranched alkanes of at least 4 members (excludes halogenated alkanes) is 1. The van der Waals surface area contributed by atoms with Crippen LogP contribution in [0.2, 0.25) is 0 Å². The second-order valence-electron chi connectivity index (χ2n) is 3.65. The second kappa shape index (κ2) is 7.26. The van der Waals surface area contributed by atoms with Gasteiger partial charge in [-0.25, -0.2) is 0 Å². The Morgan fingerprint density at radius 2 is 1.80 bits per heavy atom. The van der Waals surface area contributed by atoms with Gasteiger partial charge in [-0.05, 0) is 6.42 Å². The summed E-state index contributed by atoms with van der Waals surface area (Å²) in [7, 11) is 0. The van der Waals surface area contributed by atoms with E-state index in [1.807, 2.05) is 6.92 Å². The maximum absolute atomic E-state index is 11.1. The van der Waals surface area contributed by atoms with Gasteiger partial charge in [0.25, 0.3) is 0 Å². The van der Waals surface area contributed by atoms with Gasteiger partial charge in [-0.1, -0.05) is 27.2 Å². The zero-order valence-corrected chi connectivity index (χ0v) is 9.83. The molecule has 0 aromatic rings. The first-order valence-electron chi connectivity index (χ1n) is 5.23. The minimum atomic E-state index is -0.393. The Morgan fingerprint density at radius 3 is 2.27 bits per heavy atom. The van der Waals surface area contributed by atoms with Crippen molar-refractivity contribution in [2.24, 2.45) is 5.92 Å². The number of hydrogen-bond donors (Lipinski definition) is 0. The molecule has 0 saturated carbocycles. The molecule has 1 radical (unpaired) electrons. The van der Waals surface area contributed by atoms with Crippen LogP contribution < -0.4 is 0 Å². The highest BCUT2D eigenvalue weighted by Crippen LogP contribution is 2.10. The summed E-state index contributed by atoms with van der Waals surface area (Å²) < 4.78 is 9.60. The van der Waals surface area contributed by atoms with E-state index in [9.17, 15) is 9.59 Å². The highest BCUT2D eigenvalue weighted by molar-refractivity contribution is 5.73. The molecular weight excluding hydrogens is 196 g/mol. The van der Waals surface area contributed by atoms with Crippen LogP contribution in [0.3, 0.4) is 0 Å². The first kappa shape index (κ1) is 13.9. The molecule has 0 amide bonds. The lowest BCUT2D eigenvalue weighted by molar-refractivity contribution is -0.165. The lowest BCUT2D eigenvalue weighted by Gasteiger charge is -2.12. The first-order valence-corrected chi connectivity index (χ1v) is 5.23. The van der Waals surface area contributed by atoms with E-state index in [1.54, 1.807) is 13.8 Å². The van der Waals surface area contributed by atoms with E-state index in [2.05, 4.69) is 0 Å². The van der Waals surface area contributed by atoms with Crippen LogP contribution in [0.1, 0.15) is 47.0 Å². The summed E-state index contributed by atoms with van der Waals surface area (Å²) in [6.45, 7) is 6.88. The summed E-state index contributed by atoms with van der Waals surface area (Å²) in [6.07, 6.45) is 2.08. The van der Waals surface area contributed by atoms with Gasteiger partial charge in [0.2, 0.25) is 0 Å². The van der Waals surface area contributed by atoms with Gasteiger partial charge < -0.3 is 9.47 Å². The molecule has 87 valence electrons. The molecule has 0 aliphatic heterocycles. The molecule has 0 bridgehead atoms. The zero-order valence-electron chi connectivity index (χ0n) is 9.83. The minimum Gasteiger partial charge on any atom is -0.415 e. The largest absolute Gasteiger partial charge is 0.415 e. The van der Waals surface area contributed by atoms with Gasteiger partial charge in [-0.3, -0.25) is 9.59 Å². The summed E-state index contributed by atoms with van der Waals surface area (Å²) in [6, 6.07) is 0. The zero-order chi connectivity index (χ0) is 11.8. The van der Waals surface area contributed by atoms with E-state index >= 15 is 0 Å². The summed E-state index contributed by atoms with van der Waals surface area (Å²) >= 11 is 0. The Bertz CT molecular complexity index is 211. The van der Waals surface area contributed by atoms with Gasteiger partial charge in [-0.15, -0.1) is 0 Å². The Kier molecular flexibility index (Phi) is 6.75. The maximum atomic E-state index is 11.1. The smallest absolute Gasteiger partial charge is 0.331 e. The van der Waals surface area contributed by atoms with Crippen LogP contribution >= 0.6 is 0 Å². The molecule has 0 spiro atoms. The van der Waals surface area contributed by atoms with Crippen molar-refractivity contribution in [2.45, 2.75) is 47.0 Å². The SMILES string of the molecule is CCCCC(=O)O[C](C)OC(=O)C(C)C. The van der Waals surface area contributed by atoms with E-state index in [0.29, 0.717) is 6.42 Å². The number of ether oxygens (including phenoxy) is 2. The van der Waals surface area contributed by atoms with E-state index in [4.69, 9.17) is 9.47 Å². The van der Waals surface area contributed by atoms with Crippen LogP contribution in [0.5, 0.6) is 0 Å². The Hall–Kier alpha value is -1.06. The third-order valence-corrected chi connectivity index (χ3v) is 1.71. The standard InChI is InChI=1S/C11H19O4/c1-5-6-7-10(12)14-9(4)15-11(13)8(2)3/h8H,5-7H2,1-4H3. The molecule has 0 aromatic heterocycles. The van der Waals surface area contributed by atoms with Crippen LogP contribution in [0, 0.1) is 12.2 Å². The first-order chi connectivity index (χ1) is 6.97. The summed E-state index contributed by atoms with van der Waals surface area (Å²) in [5.74, 6) is -0.976. The average Bonchev–Trinajstić information content (AvgIpc) is 2.14. The molecule has 0 aromatic carbocycles.